The third-order valence-corrected chi connectivity index (χ3v) is 3.81. The van der Waals surface area contributed by atoms with Crippen LogP contribution in [0.25, 0.3) is 0 Å². The van der Waals surface area contributed by atoms with Gasteiger partial charge in [0.05, 0.1) is 13.2 Å². The molecule has 0 bridgehead atoms. The minimum absolute atomic E-state index is 0.516. The summed E-state index contributed by atoms with van der Waals surface area (Å²) in [4.78, 5) is 8.37. The Balaban J connectivity index is 1.54. The van der Waals surface area contributed by atoms with Crippen LogP contribution in [0.2, 0.25) is 0 Å². The van der Waals surface area contributed by atoms with Crippen LogP contribution in [-0.2, 0) is 24.5 Å². The van der Waals surface area contributed by atoms with Gasteiger partial charge in [-0.3, -0.25) is 0 Å². The number of hydrogen-bond donors (Lipinski definition) is 2. The molecule has 3 rings (SSSR count). The Morgan fingerprint density at radius 2 is 1.76 bits per heavy atom. The van der Waals surface area contributed by atoms with Crippen molar-refractivity contribution in [1.82, 2.24) is 9.97 Å². The van der Waals surface area contributed by atoms with Crippen molar-refractivity contribution in [3.8, 4) is 0 Å². The molecular formula is C20H22N4O. The van der Waals surface area contributed by atoms with Crippen molar-refractivity contribution in [2.45, 2.75) is 26.7 Å². The highest BCUT2D eigenvalue weighted by atomic mass is 16.5. The number of nitrogens with zero attached hydrogens (tertiary/aromatic N) is 2. The van der Waals surface area contributed by atoms with Crippen molar-refractivity contribution in [3.63, 3.8) is 0 Å². The molecule has 0 radical (unpaired) electrons. The molecule has 0 aliphatic carbocycles. The summed E-state index contributed by atoms with van der Waals surface area (Å²) in [6.45, 7) is 3.59. The van der Waals surface area contributed by atoms with Gasteiger partial charge in [0.1, 0.15) is 11.6 Å². The zero-order valence-corrected chi connectivity index (χ0v) is 14.3. The quantitative estimate of drug-likeness (QED) is 0.689. The van der Waals surface area contributed by atoms with Gasteiger partial charge in [-0.25, -0.2) is 9.97 Å². The Bertz CT molecular complexity index is 821. The smallest absolute Gasteiger partial charge is 0.132 e. The number of aromatic nitrogens is 2. The molecule has 0 fully saturated rings. The molecule has 1 aromatic heterocycles. The number of nitrogens with two attached hydrogens (primary N) is 1. The Hall–Kier alpha value is -2.92. The van der Waals surface area contributed by atoms with E-state index in [1.807, 2.05) is 37.3 Å². The van der Waals surface area contributed by atoms with Crippen molar-refractivity contribution < 1.29 is 4.74 Å². The van der Waals surface area contributed by atoms with Crippen molar-refractivity contribution in [2.75, 3.05) is 11.1 Å². The fourth-order valence-corrected chi connectivity index (χ4v) is 2.48. The van der Waals surface area contributed by atoms with Gasteiger partial charge in [0, 0.05) is 24.0 Å². The Kier molecular flexibility index (Phi) is 5.59. The van der Waals surface area contributed by atoms with Gasteiger partial charge in [-0.15, -0.1) is 0 Å². The number of hydrogen-bond acceptors (Lipinski definition) is 5. The normalized spacial score (nSPS) is 10.6. The molecule has 0 aliphatic heterocycles. The number of nitrogens with one attached hydrogen (secondary N) is 1. The van der Waals surface area contributed by atoms with Gasteiger partial charge < -0.3 is 15.8 Å². The van der Waals surface area contributed by atoms with E-state index in [1.165, 1.54) is 5.56 Å². The highest BCUT2D eigenvalue weighted by Crippen LogP contribution is 2.15. The largest absolute Gasteiger partial charge is 0.383 e. The van der Waals surface area contributed by atoms with Gasteiger partial charge in [-0.05, 0) is 30.2 Å². The van der Waals surface area contributed by atoms with E-state index in [0.717, 1.165) is 16.8 Å². The van der Waals surface area contributed by atoms with Crippen LogP contribution in [0.3, 0.4) is 0 Å². The summed E-state index contributed by atoms with van der Waals surface area (Å²) in [6.07, 6.45) is 1.76. The van der Waals surface area contributed by atoms with Crippen molar-refractivity contribution in [2.24, 2.45) is 0 Å². The molecule has 1 heterocycles. The lowest BCUT2D eigenvalue weighted by Gasteiger charge is -2.10. The number of benzene rings is 2. The van der Waals surface area contributed by atoms with Gasteiger partial charge in [0.2, 0.25) is 0 Å². The third-order valence-electron chi connectivity index (χ3n) is 3.81. The van der Waals surface area contributed by atoms with E-state index >= 15 is 0 Å². The summed E-state index contributed by atoms with van der Waals surface area (Å²) in [5, 5.41) is 3.35. The van der Waals surface area contributed by atoms with E-state index in [9.17, 15) is 0 Å². The van der Waals surface area contributed by atoms with Crippen molar-refractivity contribution >= 4 is 11.5 Å². The first-order valence-corrected chi connectivity index (χ1v) is 8.23. The lowest BCUT2D eigenvalue weighted by Crippen LogP contribution is -2.06. The fraction of sp³-hybridized carbons (Fsp3) is 0.200. The van der Waals surface area contributed by atoms with Crippen molar-refractivity contribution in [3.05, 3.63) is 83.3 Å². The minimum atomic E-state index is 0.516. The van der Waals surface area contributed by atoms with Gasteiger partial charge in [0.15, 0.2) is 0 Å². The summed E-state index contributed by atoms with van der Waals surface area (Å²) in [5.74, 6) is 1.20. The summed E-state index contributed by atoms with van der Waals surface area (Å²) >= 11 is 0. The maximum absolute atomic E-state index is 5.93. The Labute approximate surface area is 147 Å². The maximum atomic E-state index is 5.93. The number of ether oxygens (including phenoxy) is 1. The Morgan fingerprint density at radius 1 is 1.00 bits per heavy atom. The highest BCUT2D eigenvalue weighted by molar-refractivity contribution is 5.48. The summed E-state index contributed by atoms with van der Waals surface area (Å²) in [6, 6.07) is 18.3. The topological polar surface area (TPSA) is 73.1 Å². The number of anilines is 2. The monoisotopic (exact) mass is 334 g/mol. The van der Waals surface area contributed by atoms with Crippen LogP contribution in [0.5, 0.6) is 0 Å². The van der Waals surface area contributed by atoms with Crippen molar-refractivity contribution in [1.29, 1.82) is 0 Å². The molecule has 128 valence electrons. The number of rotatable bonds is 7. The molecule has 0 unspecified atom stereocenters. The van der Waals surface area contributed by atoms with Gasteiger partial charge in [0.25, 0.3) is 0 Å². The zero-order valence-electron chi connectivity index (χ0n) is 14.3. The van der Waals surface area contributed by atoms with Crippen LogP contribution in [-0.4, -0.2) is 9.97 Å². The highest BCUT2D eigenvalue weighted by Gasteiger charge is 2.03. The summed E-state index contributed by atoms with van der Waals surface area (Å²) < 4.78 is 5.79. The summed E-state index contributed by atoms with van der Waals surface area (Å²) in [5.41, 5.74) is 10.1. The fourth-order valence-electron chi connectivity index (χ4n) is 2.48. The van der Waals surface area contributed by atoms with E-state index in [1.54, 1.807) is 6.20 Å². The van der Waals surface area contributed by atoms with Gasteiger partial charge >= 0.3 is 0 Å². The third kappa shape index (κ3) is 5.02. The Morgan fingerprint density at radius 3 is 2.56 bits per heavy atom. The number of aryl methyl sites for hydroxylation is 1. The van der Waals surface area contributed by atoms with Crippen LogP contribution >= 0.6 is 0 Å². The molecule has 0 amide bonds. The molecule has 5 nitrogen and oxygen atoms in total. The SMILES string of the molecule is Cc1ncc(CNc2cccc(COCc3ccccc3)c2)c(N)n1. The first kappa shape index (κ1) is 16.9. The summed E-state index contributed by atoms with van der Waals surface area (Å²) in [7, 11) is 0. The standard InChI is InChI=1S/C20H22N4O/c1-15-22-11-18(20(21)24-15)12-23-19-9-5-8-17(10-19)14-25-13-16-6-3-2-4-7-16/h2-11,23H,12-14H2,1H3,(H2,21,22,24). The molecule has 2 aromatic carbocycles. The molecular weight excluding hydrogens is 312 g/mol. The van der Waals surface area contributed by atoms with E-state index in [0.29, 0.717) is 31.4 Å². The molecule has 3 N–H and O–H groups in total. The van der Waals surface area contributed by atoms with E-state index in [2.05, 4.69) is 39.6 Å². The second-order valence-corrected chi connectivity index (χ2v) is 5.86. The zero-order chi connectivity index (χ0) is 17.5. The molecule has 3 aromatic rings. The first-order valence-electron chi connectivity index (χ1n) is 8.23. The molecule has 25 heavy (non-hydrogen) atoms. The molecule has 5 heteroatoms. The molecule has 0 spiro atoms. The second kappa shape index (κ2) is 8.26. The lowest BCUT2D eigenvalue weighted by atomic mass is 10.2. The average Bonchev–Trinajstić information content (AvgIpc) is 2.62. The predicted octanol–water partition coefficient (Wildman–Crippen LogP) is 3.70. The van der Waals surface area contributed by atoms with E-state index in [-0.39, 0.29) is 0 Å². The van der Waals surface area contributed by atoms with Crippen LogP contribution in [0.4, 0.5) is 11.5 Å². The molecule has 0 aliphatic rings. The van der Waals surface area contributed by atoms with Crippen LogP contribution in [0.15, 0.2) is 60.8 Å². The second-order valence-electron chi connectivity index (χ2n) is 5.86. The van der Waals surface area contributed by atoms with Crippen LogP contribution in [0, 0.1) is 6.92 Å². The van der Waals surface area contributed by atoms with Crippen LogP contribution < -0.4 is 11.1 Å². The minimum Gasteiger partial charge on any atom is -0.383 e. The first-order chi connectivity index (χ1) is 12.2. The van der Waals surface area contributed by atoms with Gasteiger partial charge in [-0.1, -0.05) is 42.5 Å². The number of nitrogen functional groups attached to an aromatic ring is 1. The molecule has 0 saturated carbocycles. The van der Waals surface area contributed by atoms with Gasteiger partial charge in [-0.2, -0.15) is 0 Å². The lowest BCUT2D eigenvalue weighted by molar-refractivity contribution is 0.107. The average molecular weight is 334 g/mol. The predicted molar refractivity (Wildman–Crippen MR) is 99.9 cm³/mol. The maximum Gasteiger partial charge on any atom is 0.132 e. The van der Waals surface area contributed by atoms with Crippen LogP contribution in [0.1, 0.15) is 22.5 Å². The molecule has 0 atom stereocenters. The van der Waals surface area contributed by atoms with E-state index in [4.69, 9.17) is 10.5 Å². The van der Waals surface area contributed by atoms with E-state index < -0.39 is 0 Å². The molecule has 0 saturated heterocycles.